The minimum absolute atomic E-state index is 0.00200. The molecule has 85 heavy (non-hydrogen) atoms. The van der Waals surface area contributed by atoms with Crippen molar-refractivity contribution in [1.29, 1.82) is 0 Å². The van der Waals surface area contributed by atoms with Crippen molar-refractivity contribution < 1.29 is 0 Å². The molecule has 1 saturated carbocycles. The molecule has 7 aliphatic rings. The highest BCUT2D eigenvalue weighted by Gasteiger charge is 2.62. The second-order valence-corrected chi connectivity index (χ2v) is 33.9. The fourth-order valence-corrected chi connectivity index (χ4v) is 18.2. The summed E-state index contributed by atoms with van der Waals surface area (Å²) in [5.74, 6) is 0. The first kappa shape index (κ1) is 56.8. The number of anilines is 8. The van der Waals surface area contributed by atoms with Crippen molar-refractivity contribution in [3.63, 3.8) is 0 Å². The van der Waals surface area contributed by atoms with Crippen molar-refractivity contribution >= 4 is 68.6 Å². The van der Waals surface area contributed by atoms with Gasteiger partial charge in [-0.1, -0.05) is 184 Å². The first-order valence-corrected chi connectivity index (χ1v) is 33.1. The summed E-state index contributed by atoms with van der Waals surface area (Å²) in [6.45, 7) is 49.8. The molecule has 0 aromatic heterocycles. The lowest BCUT2D eigenvalue weighted by molar-refractivity contribution is 0.195. The molecule has 0 saturated heterocycles. The highest BCUT2D eigenvalue weighted by atomic mass is 15.3. The maximum absolute atomic E-state index is 2.94. The molecule has 3 nitrogen and oxygen atoms in total. The first-order chi connectivity index (χ1) is 39.7. The van der Waals surface area contributed by atoms with E-state index >= 15 is 0 Å². The normalized spacial score (nSPS) is 23.6. The highest BCUT2D eigenvalue weighted by molar-refractivity contribution is 7.00. The van der Waals surface area contributed by atoms with Gasteiger partial charge in [0, 0.05) is 50.8 Å². The number of hydrogen-bond donors (Lipinski definition) is 0. The Morgan fingerprint density at radius 3 is 1.47 bits per heavy atom. The van der Waals surface area contributed by atoms with Crippen LogP contribution in [0.4, 0.5) is 45.5 Å². The Morgan fingerprint density at radius 1 is 0.435 bits per heavy atom. The van der Waals surface area contributed by atoms with Crippen LogP contribution in [0.25, 0.3) is 11.1 Å². The molecule has 14 rings (SSSR count). The molecule has 3 heterocycles. The Morgan fingerprint density at radius 2 is 0.929 bits per heavy atom. The van der Waals surface area contributed by atoms with Gasteiger partial charge in [0.15, 0.2) is 0 Å². The van der Waals surface area contributed by atoms with E-state index in [0.29, 0.717) is 0 Å². The quantitative estimate of drug-likeness (QED) is 0.159. The van der Waals surface area contributed by atoms with Gasteiger partial charge in [0.1, 0.15) is 0 Å². The summed E-state index contributed by atoms with van der Waals surface area (Å²) in [5, 5.41) is 0. The number of benzene rings is 7. The van der Waals surface area contributed by atoms with E-state index in [-0.39, 0.29) is 55.6 Å². The fraction of sp³-hybridized carbons (Fsp3) is 0.481. The van der Waals surface area contributed by atoms with Crippen LogP contribution in [0.15, 0.2) is 109 Å². The third-order valence-corrected chi connectivity index (χ3v) is 24.4. The van der Waals surface area contributed by atoms with Crippen LogP contribution in [0.2, 0.25) is 0 Å². The Labute approximate surface area is 513 Å². The van der Waals surface area contributed by atoms with Crippen LogP contribution < -0.4 is 31.1 Å². The van der Waals surface area contributed by atoms with E-state index in [1.807, 2.05) is 0 Å². The van der Waals surface area contributed by atoms with Crippen molar-refractivity contribution in [3.05, 3.63) is 170 Å². The molecular formula is C81H98BN3. The molecule has 0 radical (unpaired) electrons. The van der Waals surface area contributed by atoms with E-state index in [9.17, 15) is 0 Å². The van der Waals surface area contributed by atoms with Crippen molar-refractivity contribution in [1.82, 2.24) is 0 Å². The maximum Gasteiger partial charge on any atom is 0.252 e. The van der Waals surface area contributed by atoms with Gasteiger partial charge >= 0.3 is 0 Å². The Kier molecular flexibility index (Phi) is 12.1. The summed E-state index contributed by atoms with van der Waals surface area (Å²) in [6, 6.07) is 45.7. The van der Waals surface area contributed by atoms with E-state index < -0.39 is 0 Å². The van der Waals surface area contributed by atoms with Crippen molar-refractivity contribution in [2.45, 2.75) is 252 Å². The molecule has 2 atom stereocenters. The molecule has 1 fully saturated rings. The molecule has 440 valence electrons. The highest BCUT2D eigenvalue weighted by Crippen LogP contribution is 2.63. The number of hydrogen-bond acceptors (Lipinski definition) is 3. The molecule has 7 aromatic rings. The molecule has 0 N–H and O–H groups in total. The van der Waals surface area contributed by atoms with Gasteiger partial charge in [0.2, 0.25) is 0 Å². The Balaban J connectivity index is 1.13. The van der Waals surface area contributed by atoms with Gasteiger partial charge < -0.3 is 14.7 Å². The van der Waals surface area contributed by atoms with Gasteiger partial charge in [-0.25, -0.2) is 0 Å². The van der Waals surface area contributed by atoms with E-state index in [0.717, 1.165) is 6.42 Å². The van der Waals surface area contributed by atoms with Crippen molar-refractivity contribution in [3.8, 4) is 11.1 Å². The lowest BCUT2D eigenvalue weighted by Crippen LogP contribution is -2.64. The summed E-state index contributed by atoms with van der Waals surface area (Å²) in [7, 11) is 0. The minimum atomic E-state index is -0.0789. The van der Waals surface area contributed by atoms with Gasteiger partial charge in [-0.2, -0.15) is 0 Å². The van der Waals surface area contributed by atoms with E-state index in [2.05, 4.69) is 262 Å². The van der Waals surface area contributed by atoms with Gasteiger partial charge in [-0.3, -0.25) is 0 Å². The molecule has 7 aromatic carbocycles. The predicted molar refractivity (Wildman–Crippen MR) is 367 cm³/mol. The minimum Gasteiger partial charge on any atom is -0.335 e. The number of fused-ring (bicyclic) bond motifs is 10. The van der Waals surface area contributed by atoms with Crippen molar-refractivity contribution in [2.24, 2.45) is 0 Å². The van der Waals surface area contributed by atoms with Gasteiger partial charge in [-0.05, 0) is 249 Å². The zero-order chi connectivity index (χ0) is 60.5. The van der Waals surface area contributed by atoms with Crippen LogP contribution in [0.5, 0.6) is 0 Å². The van der Waals surface area contributed by atoms with Gasteiger partial charge in [0.05, 0.1) is 11.2 Å². The lowest BCUT2D eigenvalue weighted by Gasteiger charge is -2.53. The largest absolute Gasteiger partial charge is 0.335 e. The van der Waals surface area contributed by atoms with E-state index in [4.69, 9.17) is 0 Å². The average molecular weight is 1120 g/mol. The lowest BCUT2D eigenvalue weighted by atomic mass is 9.33. The van der Waals surface area contributed by atoms with Crippen LogP contribution in [0.3, 0.4) is 0 Å². The zero-order valence-electron chi connectivity index (χ0n) is 55.9. The predicted octanol–water partition coefficient (Wildman–Crippen LogP) is 20.4. The Hall–Kier alpha value is -6.00. The molecular weight excluding hydrogens is 1030 g/mol. The smallest absolute Gasteiger partial charge is 0.252 e. The summed E-state index contributed by atoms with van der Waals surface area (Å²) >= 11 is 0. The average Bonchev–Trinajstić information content (AvgIpc) is 1.67. The zero-order valence-corrected chi connectivity index (χ0v) is 55.9. The second kappa shape index (κ2) is 18.1. The molecule has 0 bridgehead atoms. The molecule has 3 aliphatic heterocycles. The summed E-state index contributed by atoms with van der Waals surface area (Å²) in [4.78, 5) is 8.48. The monoisotopic (exact) mass is 1120 g/mol. The summed E-state index contributed by atoms with van der Waals surface area (Å²) < 4.78 is 0. The standard InChI is InChI=1S/C81H98BN3/c1-49-38-69-71-70(39-49)85-72-62(80(19)30-24-25-31-81(80,85)20)42-53(73(4,5)6)43-64(72)82(71)63-29-28-54(44-68(63)84(69)67-48-61-58(76(11,12)34-37-79(61,17)18)45-55(67)52-26-22-21-23-27-52)83(65-46-59-56(40-50(65)2)74(7,8)32-35-77(59,13)14)66-47-60-57(41-51(66)3)75(9,10)33-36-78(60,15)16/h21-23,26-29,38-48H,24-25,30-37H2,1-20H3. The first-order valence-electron chi connectivity index (χ1n) is 33.1. The number of aryl methyl sites for hydroxylation is 3. The second-order valence-electron chi connectivity index (χ2n) is 33.9. The Bertz CT molecular complexity index is 3900. The summed E-state index contributed by atoms with van der Waals surface area (Å²) in [5.41, 5.74) is 33.7. The van der Waals surface area contributed by atoms with Crippen LogP contribution in [-0.2, 0) is 43.3 Å². The molecule has 2 unspecified atom stereocenters. The van der Waals surface area contributed by atoms with Crippen LogP contribution in [-0.4, -0.2) is 12.3 Å². The molecule has 0 spiro atoms. The van der Waals surface area contributed by atoms with Crippen molar-refractivity contribution in [2.75, 3.05) is 14.7 Å². The SMILES string of the molecule is Cc1cc2c3c(c1)N1c4c(cc(C(C)(C)C)cc4C4(C)CCCCC14C)B3c1ccc(N(c3cc4c(cc3C)C(C)(C)CCC4(C)C)c3cc4c(cc3C)C(C)(C)CCC4(C)C)cc1N2c1cc2c(cc1-c1ccccc1)C(C)(C)CCC2(C)C. The number of rotatable bonds is 5. The summed E-state index contributed by atoms with van der Waals surface area (Å²) in [6.07, 6.45) is 11.9. The van der Waals surface area contributed by atoms with E-state index in [1.165, 1.54) is 186 Å². The molecule has 4 heteroatoms. The fourth-order valence-electron chi connectivity index (χ4n) is 18.2. The third-order valence-electron chi connectivity index (χ3n) is 24.4. The van der Waals surface area contributed by atoms with Gasteiger partial charge in [-0.15, -0.1) is 0 Å². The van der Waals surface area contributed by atoms with Crippen LogP contribution in [0.1, 0.15) is 243 Å². The topological polar surface area (TPSA) is 9.72 Å². The van der Waals surface area contributed by atoms with E-state index in [1.54, 1.807) is 5.56 Å². The van der Waals surface area contributed by atoms with Crippen LogP contribution >= 0.6 is 0 Å². The molecule has 0 amide bonds. The van der Waals surface area contributed by atoms with Gasteiger partial charge in [0.25, 0.3) is 6.71 Å². The maximum atomic E-state index is 2.94. The third kappa shape index (κ3) is 8.09. The number of nitrogens with zero attached hydrogens (tertiary/aromatic N) is 3. The van der Waals surface area contributed by atoms with Crippen LogP contribution in [0, 0.1) is 20.8 Å². The molecule has 4 aliphatic carbocycles.